The molecule has 0 unspecified atom stereocenters. The van der Waals surface area contributed by atoms with E-state index >= 15 is 0 Å². The van der Waals surface area contributed by atoms with Gasteiger partial charge >= 0.3 is 0 Å². The summed E-state index contributed by atoms with van der Waals surface area (Å²) in [5, 5.41) is 3.66. The molecule has 6 heteroatoms. The van der Waals surface area contributed by atoms with E-state index in [0.717, 1.165) is 59.8 Å². The molecule has 2 heterocycles. The predicted octanol–water partition coefficient (Wildman–Crippen LogP) is 6.62. The minimum absolute atomic E-state index is 0.399. The van der Waals surface area contributed by atoms with Crippen molar-refractivity contribution in [3.63, 3.8) is 0 Å². The van der Waals surface area contributed by atoms with E-state index in [1.54, 1.807) is 6.20 Å². The van der Waals surface area contributed by atoms with Crippen molar-refractivity contribution >= 4 is 11.3 Å². The number of anilines is 1. The molecule has 1 fully saturated rings. The molecule has 3 aromatic carbocycles. The largest absolute Gasteiger partial charge is 0.489 e. The van der Waals surface area contributed by atoms with Crippen LogP contribution in [0.1, 0.15) is 48.6 Å². The Hall–Kier alpha value is -4.16. The highest BCUT2D eigenvalue weighted by molar-refractivity contribution is 5.85. The molecule has 0 bridgehead atoms. The molecule has 0 amide bonds. The quantitative estimate of drug-likeness (QED) is 0.230. The van der Waals surface area contributed by atoms with Crippen LogP contribution >= 0.6 is 0 Å². The van der Waals surface area contributed by atoms with Crippen LogP contribution in [0.5, 0.6) is 5.75 Å². The van der Waals surface area contributed by atoms with Gasteiger partial charge in [-0.3, -0.25) is 4.40 Å². The van der Waals surface area contributed by atoms with Gasteiger partial charge in [0.25, 0.3) is 0 Å². The van der Waals surface area contributed by atoms with E-state index in [1.165, 1.54) is 18.4 Å². The number of nitrogens with two attached hydrogens (primary N) is 1. The molecule has 6 rings (SSSR count). The maximum Gasteiger partial charge on any atom is 0.150 e. The lowest BCUT2D eigenvalue weighted by molar-refractivity contribution is 0.306. The molecule has 1 aliphatic rings. The van der Waals surface area contributed by atoms with E-state index in [4.69, 9.17) is 15.5 Å². The molecule has 0 spiro atoms. The standard InChI is InChI=1S/C33H35N5O/c34-32-31-30(28-12-7-13-29(20-28)39-23-26-10-5-2-6-11-26)37-33(38(31)19-18-36-32)27-16-14-25(15-17-27)22-35-21-24-8-3-1-4-9-24/h1-13,18-20,25,27,35H,14-17,21-23H2,(H2,34,36). The average molecular weight is 518 g/mol. The Morgan fingerprint density at radius 1 is 0.872 bits per heavy atom. The number of rotatable bonds is 9. The monoisotopic (exact) mass is 517 g/mol. The topological polar surface area (TPSA) is 77.5 Å². The minimum Gasteiger partial charge on any atom is -0.489 e. The molecule has 0 atom stereocenters. The third-order valence-electron chi connectivity index (χ3n) is 7.78. The zero-order valence-corrected chi connectivity index (χ0v) is 22.2. The maximum absolute atomic E-state index is 6.42. The van der Waals surface area contributed by atoms with Crippen molar-refractivity contribution in [3.05, 3.63) is 114 Å². The summed E-state index contributed by atoms with van der Waals surface area (Å²) in [4.78, 5) is 9.60. The number of ether oxygens (including phenoxy) is 1. The van der Waals surface area contributed by atoms with Crippen LogP contribution in [0, 0.1) is 5.92 Å². The SMILES string of the molecule is Nc1nccn2c(C3CCC(CNCc4ccccc4)CC3)nc(-c3cccc(OCc4ccccc4)c3)c12. The summed E-state index contributed by atoms with van der Waals surface area (Å²) < 4.78 is 8.26. The zero-order valence-electron chi connectivity index (χ0n) is 22.2. The van der Waals surface area contributed by atoms with E-state index in [9.17, 15) is 0 Å². The fourth-order valence-electron chi connectivity index (χ4n) is 5.69. The van der Waals surface area contributed by atoms with Gasteiger partial charge in [0.05, 0.1) is 0 Å². The highest BCUT2D eigenvalue weighted by Crippen LogP contribution is 2.39. The highest BCUT2D eigenvalue weighted by atomic mass is 16.5. The first-order chi connectivity index (χ1) is 19.2. The molecule has 39 heavy (non-hydrogen) atoms. The summed E-state index contributed by atoms with van der Waals surface area (Å²) in [6.07, 6.45) is 8.41. The Labute approximate surface area is 229 Å². The van der Waals surface area contributed by atoms with Crippen LogP contribution in [0.4, 0.5) is 5.82 Å². The van der Waals surface area contributed by atoms with Gasteiger partial charge in [-0.15, -0.1) is 0 Å². The molecular formula is C33H35N5O. The van der Waals surface area contributed by atoms with Gasteiger partial charge in [0, 0.05) is 30.4 Å². The first kappa shape index (κ1) is 25.1. The Bertz CT molecular complexity index is 1510. The van der Waals surface area contributed by atoms with Crippen molar-refractivity contribution < 1.29 is 4.74 Å². The lowest BCUT2D eigenvalue weighted by Gasteiger charge is -2.28. The molecule has 198 valence electrons. The predicted molar refractivity (Wildman–Crippen MR) is 156 cm³/mol. The maximum atomic E-state index is 6.42. The fourth-order valence-corrected chi connectivity index (χ4v) is 5.69. The molecular weight excluding hydrogens is 482 g/mol. The summed E-state index contributed by atoms with van der Waals surface area (Å²) in [6.45, 7) is 2.50. The van der Waals surface area contributed by atoms with Gasteiger partial charge in [0.15, 0.2) is 0 Å². The van der Waals surface area contributed by atoms with Crippen LogP contribution in [0.2, 0.25) is 0 Å². The Kier molecular flexibility index (Phi) is 7.54. The van der Waals surface area contributed by atoms with E-state index in [-0.39, 0.29) is 0 Å². The van der Waals surface area contributed by atoms with Crippen LogP contribution in [-0.4, -0.2) is 20.9 Å². The van der Waals surface area contributed by atoms with E-state index < -0.39 is 0 Å². The second-order valence-corrected chi connectivity index (χ2v) is 10.5. The lowest BCUT2D eigenvalue weighted by Crippen LogP contribution is -2.26. The summed E-state index contributed by atoms with van der Waals surface area (Å²) in [5.41, 5.74) is 11.6. The number of benzene rings is 3. The van der Waals surface area contributed by atoms with Crippen LogP contribution in [0.15, 0.2) is 97.3 Å². The van der Waals surface area contributed by atoms with E-state index in [2.05, 4.69) is 69.3 Å². The fraction of sp³-hybridized carbons (Fsp3) is 0.273. The van der Waals surface area contributed by atoms with E-state index in [1.807, 2.05) is 36.5 Å². The normalized spacial score (nSPS) is 17.3. The molecule has 3 N–H and O–H groups in total. The zero-order chi connectivity index (χ0) is 26.4. The van der Waals surface area contributed by atoms with Crippen LogP contribution in [0.3, 0.4) is 0 Å². The first-order valence-corrected chi connectivity index (χ1v) is 13.9. The molecule has 0 aliphatic heterocycles. The number of nitrogen functional groups attached to an aromatic ring is 1. The molecule has 2 aromatic heterocycles. The number of hydrogen-bond acceptors (Lipinski definition) is 5. The second-order valence-electron chi connectivity index (χ2n) is 10.5. The molecule has 1 aliphatic carbocycles. The van der Waals surface area contributed by atoms with Crippen molar-refractivity contribution in [1.82, 2.24) is 19.7 Å². The lowest BCUT2D eigenvalue weighted by atomic mass is 9.81. The minimum atomic E-state index is 0.399. The summed E-state index contributed by atoms with van der Waals surface area (Å²) in [6, 6.07) is 28.9. The van der Waals surface area contributed by atoms with Crippen molar-refractivity contribution in [3.8, 4) is 17.0 Å². The third-order valence-corrected chi connectivity index (χ3v) is 7.78. The van der Waals surface area contributed by atoms with Crippen LogP contribution < -0.4 is 15.8 Å². The third kappa shape index (κ3) is 5.81. The van der Waals surface area contributed by atoms with E-state index in [0.29, 0.717) is 24.3 Å². The van der Waals surface area contributed by atoms with Gasteiger partial charge in [-0.05, 0) is 61.4 Å². The van der Waals surface area contributed by atoms with Gasteiger partial charge in [-0.2, -0.15) is 0 Å². The number of hydrogen-bond donors (Lipinski definition) is 2. The molecule has 6 nitrogen and oxygen atoms in total. The average Bonchev–Trinajstić information content (AvgIpc) is 3.39. The molecule has 1 saturated carbocycles. The van der Waals surface area contributed by atoms with Crippen molar-refractivity contribution in [2.24, 2.45) is 5.92 Å². The summed E-state index contributed by atoms with van der Waals surface area (Å²) in [5.74, 6) is 3.49. The number of nitrogens with zero attached hydrogens (tertiary/aromatic N) is 3. The molecule has 0 saturated heterocycles. The van der Waals surface area contributed by atoms with Gasteiger partial charge in [-0.1, -0.05) is 72.8 Å². The summed E-state index contributed by atoms with van der Waals surface area (Å²) >= 11 is 0. The Morgan fingerprint density at radius 2 is 1.62 bits per heavy atom. The van der Waals surface area contributed by atoms with Crippen LogP contribution in [0.25, 0.3) is 16.8 Å². The highest BCUT2D eigenvalue weighted by Gasteiger charge is 2.27. The molecule has 5 aromatic rings. The Morgan fingerprint density at radius 3 is 2.38 bits per heavy atom. The molecule has 0 radical (unpaired) electrons. The van der Waals surface area contributed by atoms with Crippen molar-refractivity contribution in [1.29, 1.82) is 0 Å². The number of aromatic nitrogens is 3. The van der Waals surface area contributed by atoms with Gasteiger partial charge < -0.3 is 15.8 Å². The van der Waals surface area contributed by atoms with Crippen molar-refractivity contribution in [2.75, 3.05) is 12.3 Å². The smallest absolute Gasteiger partial charge is 0.150 e. The summed E-state index contributed by atoms with van der Waals surface area (Å²) in [7, 11) is 0. The number of fused-ring (bicyclic) bond motifs is 1. The number of imidazole rings is 1. The second kappa shape index (κ2) is 11.7. The van der Waals surface area contributed by atoms with Gasteiger partial charge in [0.1, 0.15) is 35.2 Å². The van der Waals surface area contributed by atoms with Crippen molar-refractivity contribution in [2.45, 2.75) is 44.8 Å². The van der Waals surface area contributed by atoms with Gasteiger partial charge in [-0.25, -0.2) is 9.97 Å². The van der Waals surface area contributed by atoms with Gasteiger partial charge in [0.2, 0.25) is 0 Å². The Balaban J connectivity index is 1.17. The first-order valence-electron chi connectivity index (χ1n) is 13.9. The van der Waals surface area contributed by atoms with Crippen LogP contribution in [-0.2, 0) is 13.2 Å². The number of nitrogens with one attached hydrogen (secondary N) is 1.